The molecule has 0 radical (unpaired) electrons. The summed E-state index contributed by atoms with van der Waals surface area (Å²) in [5.74, 6) is -1.87. The standard InChI is InChI=1S/C20H18FN3O5S/c1-11(25)22-20-23-24(12(2)26)18(30-20)13-8-9-16(17(10-13)28-3)29-19(27)14-6-4-5-7-15(14)21/h4-10,18H,1-3H3,(H,22,23,25)/t18-/m0/s1. The van der Waals surface area contributed by atoms with Crippen LogP contribution in [0.3, 0.4) is 0 Å². The van der Waals surface area contributed by atoms with Gasteiger partial charge < -0.3 is 14.8 Å². The van der Waals surface area contributed by atoms with E-state index in [4.69, 9.17) is 9.47 Å². The van der Waals surface area contributed by atoms with Crippen LogP contribution in [0.25, 0.3) is 0 Å². The molecule has 1 N–H and O–H groups in total. The topological polar surface area (TPSA) is 97.3 Å². The predicted molar refractivity (Wildman–Crippen MR) is 108 cm³/mol. The SMILES string of the molecule is COc1cc([C@@H]2SC(NC(C)=O)=NN2C(C)=O)ccc1OC(=O)c1ccccc1F. The smallest absolute Gasteiger partial charge is 0.346 e. The van der Waals surface area contributed by atoms with Gasteiger partial charge >= 0.3 is 5.97 Å². The number of amidine groups is 1. The number of nitrogens with zero attached hydrogens (tertiary/aromatic N) is 2. The number of methoxy groups -OCH3 is 1. The first-order chi connectivity index (χ1) is 14.3. The zero-order valence-corrected chi connectivity index (χ0v) is 17.2. The largest absolute Gasteiger partial charge is 0.493 e. The molecule has 2 aromatic rings. The molecular formula is C20H18FN3O5S. The van der Waals surface area contributed by atoms with E-state index in [0.29, 0.717) is 5.56 Å². The highest BCUT2D eigenvalue weighted by molar-refractivity contribution is 8.14. The van der Waals surface area contributed by atoms with Crippen molar-refractivity contribution in [3.05, 3.63) is 59.4 Å². The van der Waals surface area contributed by atoms with Crippen molar-refractivity contribution in [2.24, 2.45) is 5.10 Å². The third kappa shape index (κ3) is 4.60. The summed E-state index contributed by atoms with van der Waals surface area (Å²) in [4.78, 5) is 35.6. The van der Waals surface area contributed by atoms with Crippen molar-refractivity contribution in [1.82, 2.24) is 10.3 Å². The van der Waals surface area contributed by atoms with E-state index < -0.39 is 17.2 Å². The minimum atomic E-state index is -0.865. The monoisotopic (exact) mass is 431 g/mol. The van der Waals surface area contributed by atoms with E-state index in [2.05, 4.69) is 10.4 Å². The van der Waals surface area contributed by atoms with Crippen molar-refractivity contribution in [2.75, 3.05) is 7.11 Å². The van der Waals surface area contributed by atoms with Gasteiger partial charge in [-0.2, -0.15) is 0 Å². The van der Waals surface area contributed by atoms with Crippen molar-refractivity contribution >= 4 is 34.7 Å². The molecule has 2 aromatic carbocycles. The van der Waals surface area contributed by atoms with Crippen LogP contribution in [0.5, 0.6) is 11.5 Å². The molecule has 0 saturated heterocycles. The van der Waals surface area contributed by atoms with Gasteiger partial charge in [-0.25, -0.2) is 14.2 Å². The highest BCUT2D eigenvalue weighted by Crippen LogP contribution is 2.41. The van der Waals surface area contributed by atoms with Crippen LogP contribution in [0.1, 0.15) is 35.1 Å². The summed E-state index contributed by atoms with van der Waals surface area (Å²) in [5, 5.41) is 7.66. The van der Waals surface area contributed by atoms with E-state index in [9.17, 15) is 18.8 Å². The Morgan fingerprint density at radius 3 is 2.50 bits per heavy atom. The van der Waals surface area contributed by atoms with Crippen LogP contribution in [0.4, 0.5) is 4.39 Å². The fraction of sp³-hybridized carbons (Fsp3) is 0.200. The van der Waals surface area contributed by atoms with Crippen molar-refractivity contribution in [1.29, 1.82) is 0 Å². The zero-order chi connectivity index (χ0) is 21.8. The maximum absolute atomic E-state index is 13.8. The van der Waals surface area contributed by atoms with Crippen LogP contribution >= 0.6 is 11.8 Å². The molecule has 3 rings (SSSR count). The number of hydrazone groups is 1. The Balaban J connectivity index is 1.85. The third-order valence-electron chi connectivity index (χ3n) is 4.02. The number of benzene rings is 2. The van der Waals surface area contributed by atoms with Crippen LogP contribution in [-0.4, -0.2) is 35.1 Å². The molecule has 0 fully saturated rings. The number of nitrogens with one attached hydrogen (secondary N) is 1. The molecule has 2 amide bonds. The molecule has 1 aliphatic heterocycles. The van der Waals surface area contributed by atoms with Crippen LogP contribution in [0.2, 0.25) is 0 Å². The van der Waals surface area contributed by atoms with Gasteiger partial charge in [-0.3, -0.25) is 9.59 Å². The molecule has 1 atom stereocenters. The van der Waals surface area contributed by atoms with Crippen LogP contribution in [0, 0.1) is 5.82 Å². The highest BCUT2D eigenvalue weighted by Gasteiger charge is 2.33. The average molecular weight is 431 g/mol. The van der Waals surface area contributed by atoms with Crippen LogP contribution in [-0.2, 0) is 9.59 Å². The van der Waals surface area contributed by atoms with E-state index in [-0.39, 0.29) is 34.0 Å². The number of thioether (sulfide) groups is 1. The van der Waals surface area contributed by atoms with Gasteiger partial charge in [0, 0.05) is 13.8 Å². The number of carbonyl (C=O) groups excluding carboxylic acids is 3. The Morgan fingerprint density at radius 2 is 1.87 bits per heavy atom. The maximum Gasteiger partial charge on any atom is 0.346 e. The maximum atomic E-state index is 13.8. The average Bonchev–Trinajstić information content (AvgIpc) is 3.12. The molecule has 156 valence electrons. The van der Waals surface area contributed by atoms with Gasteiger partial charge in [0.15, 0.2) is 16.7 Å². The van der Waals surface area contributed by atoms with Gasteiger partial charge in [0.2, 0.25) is 11.8 Å². The van der Waals surface area contributed by atoms with E-state index in [1.54, 1.807) is 12.1 Å². The lowest BCUT2D eigenvalue weighted by molar-refractivity contribution is -0.129. The van der Waals surface area contributed by atoms with Crippen molar-refractivity contribution < 1.29 is 28.2 Å². The number of halogens is 1. The minimum Gasteiger partial charge on any atom is -0.493 e. The van der Waals surface area contributed by atoms with Crippen molar-refractivity contribution in [2.45, 2.75) is 19.2 Å². The number of rotatable bonds is 4. The summed E-state index contributed by atoms with van der Waals surface area (Å²) in [6.45, 7) is 2.70. The summed E-state index contributed by atoms with van der Waals surface area (Å²) in [6, 6.07) is 10.2. The van der Waals surface area contributed by atoms with Gasteiger partial charge in [0.1, 0.15) is 11.2 Å². The molecular weight excluding hydrogens is 413 g/mol. The fourth-order valence-electron chi connectivity index (χ4n) is 2.68. The molecule has 30 heavy (non-hydrogen) atoms. The molecule has 0 bridgehead atoms. The lowest BCUT2D eigenvalue weighted by Gasteiger charge is -2.20. The van der Waals surface area contributed by atoms with E-state index in [0.717, 1.165) is 6.07 Å². The molecule has 0 unspecified atom stereocenters. The molecule has 0 saturated carbocycles. The number of esters is 1. The Bertz CT molecular complexity index is 1040. The second-order valence-electron chi connectivity index (χ2n) is 6.20. The Hall–Kier alpha value is -3.40. The normalized spacial score (nSPS) is 15.4. The summed E-state index contributed by atoms with van der Waals surface area (Å²) in [7, 11) is 1.39. The number of hydrogen-bond donors (Lipinski definition) is 1. The Morgan fingerprint density at radius 1 is 1.13 bits per heavy atom. The molecule has 0 aliphatic carbocycles. The number of ether oxygens (including phenoxy) is 2. The first-order valence-corrected chi connectivity index (χ1v) is 9.65. The van der Waals surface area contributed by atoms with Gasteiger partial charge in [-0.1, -0.05) is 30.0 Å². The molecule has 1 aliphatic rings. The summed E-state index contributed by atoms with van der Waals surface area (Å²) >= 11 is 1.18. The first kappa shape index (κ1) is 21.3. The molecule has 1 heterocycles. The lowest BCUT2D eigenvalue weighted by atomic mass is 10.2. The number of hydrogen-bond acceptors (Lipinski definition) is 7. The quantitative estimate of drug-likeness (QED) is 0.590. The Kier molecular flexibility index (Phi) is 6.36. The molecule has 10 heteroatoms. The first-order valence-electron chi connectivity index (χ1n) is 8.77. The van der Waals surface area contributed by atoms with Crippen molar-refractivity contribution in [3.63, 3.8) is 0 Å². The van der Waals surface area contributed by atoms with Gasteiger partial charge in [-0.05, 0) is 29.8 Å². The van der Waals surface area contributed by atoms with Crippen LogP contribution < -0.4 is 14.8 Å². The lowest BCUT2D eigenvalue weighted by Crippen LogP contribution is -2.25. The highest BCUT2D eigenvalue weighted by atomic mass is 32.2. The predicted octanol–water partition coefficient (Wildman–Crippen LogP) is 3.05. The summed E-state index contributed by atoms with van der Waals surface area (Å²) in [6.07, 6.45) is 0. The third-order valence-corrected chi connectivity index (χ3v) is 5.12. The number of amides is 2. The molecule has 0 aromatic heterocycles. The second kappa shape index (κ2) is 8.95. The van der Waals surface area contributed by atoms with Crippen molar-refractivity contribution in [3.8, 4) is 11.5 Å². The zero-order valence-electron chi connectivity index (χ0n) is 16.3. The summed E-state index contributed by atoms with van der Waals surface area (Å²) in [5.41, 5.74) is 0.424. The van der Waals surface area contributed by atoms with Crippen LogP contribution in [0.15, 0.2) is 47.6 Å². The van der Waals surface area contributed by atoms with E-state index >= 15 is 0 Å². The molecule has 8 nitrogen and oxygen atoms in total. The van der Waals surface area contributed by atoms with Gasteiger partial charge in [-0.15, -0.1) is 5.10 Å². The minimum absolute atomic E-state index is 0.0925. The second-order valence-corrected chi connectivity index (χ2v) is 7.27. The van der Waals surface area contributed by atoms with Gasteiger partial charge in [0.05, 0.1) is 12.7 Å². The van der Waals surface area contributed by atoms with Gasteiger partial charge in [0.25, 0.3) is 0 Å². The molecule has 0 spiro atoms. The fourth-order valence-corrected chi connectivity index (χ4v) is 3.81. The Labute approximate surface area is 176 Å². The number of carbonyl (C=O) groups is 3. The van der Waals surface area contributed by atoms with E-state index in [1.807, 2.05) is 0 Å². The summed E-state index contributed by atoms with van der Waals surface area (Å²) < 4.78 is 24.4. The van der Waals surface area contributed by atoms with E-state index in [1.165, 1.54) is 62.0 Å².